The zero-order chi connectivity index (χ0) is 20.8. The number of para-hydroxylation sites is 1. The van der Waals surface area contributed by atoms with Crippen LogP contribution >= 0.6 is 11.3 Å². The number of amides is 2. The van der Waals surface area contributed by atoms with Gasteiger partial charge in [0.15, 0.2) is 0 Å². The van der Waals surface area contributed by atoms with Gasteiger partial charge in [0.05, 0.1) is 4.88 Å². The number of H-pyrrole nitrogens is 1. The van der Waals surface area contributed by atoms with Crippen LogP contribution in [-0.2, 0) is 17.6 Å². The predicted molar refractivity (Wildman–Crippen MR) is 119 cm³/mol. The zero-order valence-corrected chi connectivity index (χ0v) is 17.1. The number of carbonyl (C=O) groups excluding carboxylic acids is 2. The van der Waals surface area contributed by atoms with E-state index >= 15 is 0 Å². The first kappa shape index (κ1) is 19.8. The average Bonchev–Trinajstić information content (AvgIpc) is 3.45. The standard InChI is InChI=1S/C23H22N4O2S/c28-22(25-12-10-17-6-3-4-11-24-17)20(27-23(29)21-9-5-13-30-21)14-16-15-26-19-8-2-1-7-18(16)19/h1-9,11,13,15,20,26H,10,12,14H2,(H,25,28)(H,27,29)/t20-/m0/s1. The Balaban J connectivity index is 1.47. The van der Waals surface area contributed by atoms with Gasteiger partial charge in [0.1, 0.15) is 6.04 Å². The first-order valence-electron chi connectivity index (χ1n) is 9.77. The fourth-order valence-corrected chi connectivity index (χ4v) is 3.98. The van der Waals surface area contributed by atoms with Gasteiger partial charge in [0, 0.05) is 48.4 Å². The monoisotopic (exact) mass is 418 g/mol. The van der Waals surface area contributed by atoms with E-state index in [4.69, 9.17) is 0 Å². The molecule has 3 aromatic heterocycles. The van der Waals surface area contributed by atoms with Gasteiger partial charge in [-0.2, -0.15) is 0 Å². The molecule has 3 heterocycles. The molecule has 7 heteroatoms. The molecule has 0 unspecified atom stereocenters. The summed E-state index contributed by atoms with van der Waals surface area (Å²) in [6.45, 7) is 0.453. The highest BCUT2D eigenvalue weighted by Crippen LogP contribution is 2.19. The van der Waals surface area contributed by atoms with Crippen LogP contribution < -0.4 is 10.6 Å². The van der Waals surface area contributed by atoms with Crippen LogP contribution in [0.3, 0.4) is 0 Å². The van der Waals surface area contributed by atoms with Crippen molar-refractivity contribution in [3.63, 3.8) is 0 Å². The van der Waals surface area contributed by atoms with Gasteiger partial charge in [-0.1, -0.05) is 30.3 Å². The minimum Gasteiger partial charge on any atom is -0.361 e. The highest BCUT2D eigenvalue weighted by atomic mass is 32.1. The Kier molecular flexibility index (Phi) is 6.20. The summed E-state index contributed by atoms with van der Waals surface area (Å²) < 4.78 is 0. The quantitative estimate of drug-likeness (QED) is 0.410. The third-order valence-corrected chi connectivity index (χ3v) is 5.74. The number of pyridine rings is 1. The summed E-state index contributed by atoms with van der Waals surface area (Å²) in [5.41, 5.74) is 2.90. The summed E-state index contributed by atoms with van der Waals surface area (Å²) in [7, 11) is 0. The number of carbonyl (C=O) groups is 2. The van der Waals surface area contributed by atoms with E-state index in [0.717, 1.165) is 22.2 Å². The van der Waals surface area contributed by atoms with Gasteiger partial charge in [-0.15, -0.1) is 11.3 Å². The molecule has 0 fully saturated rings. The second-order valence-electron chi connectivity index (χ2n) is 6.93. The minimum atomic E-state index is -0.678. The van der Waals surface area contributed by atoms with Crippen molar-refractivity contribution < 1.29 is 9.59 Å². The summed E-state index contributed by atoms with van der Waals surface area (Å²) in [5, 5.41) is 8.74. The Bertz CT molecular complexity index is 1120. The summed E-state index contributed by atoms with van der Waals surface area (Å²) >= 11 is 1.35. The second-order valence-corrected chi connectivity index (χ2v) is 7.88. The Morgan fingerprint density at radius 2 is 1.93 bits per heavy atom. The van der Waals surface area contributed by atoms with Gasteiger partial charge in [-0.3, -0.25) is 14.6 Å². The first-order chi connectivity index (χ1) is 14.7. The van der Waals surface area contributed by atoms with E-state index in [9.17, 15) is 9.59 Å². The third kappa shape index (κ3) is 4.75. The fraction of sp³-hybridized carbons (Fsp3) is 0.174. The molecule has 0 spiro atoms. The van der Waals surface area contributed by atoms with Crippen molar-refractivity contribution in [3.05, 3.63) is 88.5 Å². The molecule has 4 rings (SSSR count). The van der Waals surface area contributed by atoms with Crippen molar-refractivity contribution in [1.82, 2.24) is 20.6 Å². The predicted octanol–water partition coefficient (Wildman–Crippen LogP) is 3.32. The van der Waals surface area contributed by atoms with Crippen LogP contribution in [0, 0.1) is 0 Å². The van der Waals surface area contributed by atoms with Crippen LogP contribution in [0.5, 0.6) is 0 Å². The highest BCUT2D eigenvalue weighted by Gasteiger charge is 2.23. The Morgan fingerprint density at radius 1 is 1.07 bits per heavy atom. The lowest BCUT2D eigenvalue weighted by Gasteiger charge is -2.18. The number of hydrogen-bond acceptors (Lipinski definition) is 4. The van der Waals surface area contributed by atoms with E-state index in [1.165, 1.54) is 11.3 Å². The molecule has 30 heavy (non-hydrogen) atoms. The molecular formula is C23H22N4O2S. The minimum absolute atomic E-state index is 0.207. The molecule has 152 valence electrons. The summed E-state index contributed by atoms with van der Waals surface area (Å²) in [6, 6.07) is 16.5. The van der Waals surface area contributed by atoms with Crippen molar-refractivity contribution >= 4 is 34.1 Å². The van der Waals surface area contributed by atoms with Gasteiger partial charge >= 0.3 is 0 Å². The Labute approximate surface area is 178 Å². The number of rotatable bonds is 8. The maximum absolute atomic E-state index is 12.9. The van der Waals surface area contributed by atoms with E-state index in [-0.39, 0.29) is 11.8 Å². The smallest absolute Gasteiger partial charge is 0.262 e. The average molecular weight is 419 g/mol. The summed E-state index contributed by atoms with van der Waals surface area (Å²) in [6.07, 6.45) is 4.66. The van der Waals surface area contributed by atoms with E-state index in [1.54, 1.807) is 12.3 Å². The molecule has 1 aromatic carbocycles. The van der Waals surface area contributed by atoms with Crippen molar-refractivity contribution in [2.75, 3.05) is 6.54 Å². The number of fused-ring (bicyclic) bond motifs is 1. The number of aromatic amines is 1. The van der Waals surface area contributed by atoms with Crippen LogP contribution in [0.1, 0.15) is 20.9 Å². The van der Waals surface area contributed by atoms with Gasteiger partial charge in [-0.25, -0.2) is 0 Å². The number of aromatic nitrogens is 2. The molecular weight excluding hydrogens is 396 g/mol. The molecule has 4 aromatic rings. The normalized spacial score (nSPS) is 11.9. The first-order valence-corrected chi connectivity index (χ1v) is 10.7. The molecule has 2 amide bonds. The molecule has 0 aliphatic carbocycles. The van der Waals surface area contributed by atoms with Crippen molar-refractivity contribution in [3.8, 4) is 0 Å². The van der Waals surface area contributed by atoms with Gasteiger partial charge in [0.25, 0.3) is 5.91 Å². The van der Waals surface area contributed by atoms with Crippen LogP contribution in [0.25, 0.3) is 10.9 Å². The van der Waals surface area contributed by atoms with E-state index < -0.39 is 6.04 Å². The molecule has 0 bridgehead atoms. The van der Waals surface area contributed by atoms with Crippen LogP contribution in [0.4, 0.5) is 0 Å². The molecule has 1 atom stereocenters. The zero-order valence-electron chi connectivity index (χ0n) is 16.3. The maximum atomic E-state index is 12.9. The molecule has 3 N–H and O–H groups in total. The largest absolute Gasteiger partial charge is 0.361 e. The van der Waals surface area contributed by atoms with Gasteiger partial charge < -0.3 is 15.6 Å². The lowest BCUT2D eigenvalue weighted by Crippen LogP contribution is -2.48. The number of hydrogen-bond donors (Lipinski definition) is 3. The van der Waals surface area contributed by atoms with E-state index in [0.29, 0.717) is 24.3 Å². The molecule has 0 saturated carbocycles. The number of benzene rings is 1. The van der Waals surface area contributed by atoms with Crippen molar-refractivity contribution in [1.29, 1.82) is 0 Å². The molecule has 0 aliphatic rings. The van der Waals surface area contributed by atoms with Crippen LogP contribution in [0.15, 0.2) is 72.4 Å². The van der Waals surface area contributed by atoms with Crippen LogP contribution in [-0.4, -0.2) is 34.4 Å². The summed E-state index contributed by atoms with van der Waals surface area (Å²) in [5.74, 6) is -0.448. The SMILES string of the molecule is O=C(N[C@@H](Cc1c[nH]c2ccccc12)C(=O)NCCc1ccccn1)c1cccs1. The van der Waals surface area contributed by atoms with Crippen molar-refractivity contribution in [2.45, 2.75) is 18.9 Å². The molecule has 6 nitrogen and oxygen atoms in total. The Hall–Kier alpha value is -3.45. The fourth-order valence-electron chi connectivity index (χ4n) is 3.35. The van der Waals surface area contributed by atoms with Crippen LogP contribution in [0.2, 0.25) is 0 Å². The van der Waals surface area contributed by atoms with Crippen molar-refractivity contribution in [2.24, 2.45) is 0 Å². The Morgan fingerprint density at radius 3 is 2.73 bits per heavy atom. The van der Waals surface area contributed by atoms with E-state index in [1.807, 2.05) is 60.1 Å². The molecule has 0 radical (unpaired) electrons. The van der Waals surface area contributed by atoms with E-state index in [2.05, 4.69) is 20.6 Å². The second kappa shape index (κ2) is 9.37. The van der Waals surface area contributed by atoms with Gasteiger partial charge in [-0.05, 0) is 35.2 Å². The number of thiophene rings is 1. The molecule has 0 saturated heterocycles. The summed E-state index contributed by atoms with van der Waals surface area (Å²) in [4.78, 5) is 33.6. The lowest BCUT2D eigenvalue weighted by molar-refractivity contribution is -0.122. The van der Waals surface area contributed by atoms with Gasteiger partial charge in [0.2, 0.25) is 5.91 Å². The number of nitrogens with zero attached hydrogens (tertiary/aromatic N) is 1. The third-order valence-electron chi connectivity index (χ3n) is 4.87. The topological polar surface area (TPSA) is 86.9 Å². The maximum Gasteiger partial charge on any atom is 0.262 e. The number of nitrogens with one attached hydrogen (secondary N) is 3. The molecule has 0 aliphatic heterocycles. The highest BCUT2D eigenvalue weighted by molar-refractivity contribution is 7.12. The lowest BCUT2D eigenvalue weighted by atomic mass is 10.0.